The van der Waals surface area contributed by atoms with E-state index in [9.17, 15) is 4.79 Å². The molecule has 0 radical (unpaired) electrons. The molecule has 130 valence electrons. The molecule has 0 fully saturated rings. The first-order chi connectivity index (χ1) is 11.1. The molecule has 0 bridgehead atoms. The number of rotatable bonds is 7. The van der Waals surface area contributed by atoms with Crippen LogP contribution in [0.1, 0.15) is 13.8 Å². The zero-order chi connectivity index (χ0) is 16.7. The number of nitrogens with one attached hydrogen (secondary N) is 1. The van der Waals surface area contributed by atoms with Gasteiger partial charge in [-0.05, 0) is 43.3 Å². The van der Waals surface area contributed by atoms with Crippen molar-refractivity contribution in [3.63, 3.8) is 0 Å². The number of hydrogen-bond acceptors (Lipinski definition) is 4. The number of carbonyl (C=O) groups is 1. The summed E-state index contributed by atoms with van der Waals surface area (Å²) in [6, 6.07) is 14.6. The van der Waals surface area contributed by atoms with Gasteiger partial charge in [-0.1, -0.05) is 19.1 Å². The number of para-hydroxylation sites is 2. The van der Waals surface area contributed by atoms with Crippen LogP contribution < -0.4 is 20.5 Å². The quantitative estimate of drug-likeness (QED) is 0.795. The van der Waals surface area contributed by atoms with Crippen molar-refractivity contribution in [1.29, 1.82) is 0 Å². The summed E-state index contributed by atoms with van der Waals surface area (Å²) in [6.07, 6.45) is 0. The lowest BCUT2D eigenvalue weighted by Crippen LogP contribution is -2.26. The molecule has 24 heavy (non-hydrogen) atoms. The number of ether oxygens (including phenoxy) is 2. The van der Waals surface area contributed by atoms with Crippen molar-refractivity contribution in [3.8, 4) is 17.2 Å². The molecule has 0 saturated carbocycles. The molecule has 2 aromatic carbocycles. The van der Waals surface area contributed by atoms with E-state index in [1.807, 2.05) is 43.3 Å². The van der Waals surface area contributed by atoms with Gasteiger partial charge < -0.3 is 20.5 Å². The molecule has 1 atom stereocenters. The molecule has 0 heterocycles. The highest BCUT2D eigenvalue weighted by Gasteiger charge is 2.13. The number of benzene rings is 2. The summed E-state index contributed by atoms with van der Waals surface area (Å²) in [5.41, 5.74) is 6.14. The average molecular weight is 351 g/mol. The summed E-state index contributed by atoms with van der Waals surface area (Å²) in [6.45, 7) is 4.64. The predicted molar refractivity (Wildman–Crippen MR) is 98.2 cm³/mol. The third kappa shape index (κ3) is 5.44. The molecule has 1 unspecified atom stereocenters. The minimum absolute atomic E-state index is 0. The van der Waals surface area contributed by atoms with Crippen LogP contribution in [0, 0.1) is 5.92 Å². The lowest BCUT2D eigenvalue weighted by Gasteiger charge is -2.14. The van der Waals surface area contributed by atoms with Crippen LogP contribution in [0.5, 0.6) is 17.2 Å². The van der Waals surface area contributed by atoms with Gasteiger partial charge in [0.15, 0.2) is 5.75 Å². The highest BCUT2D eigenvalue weighted by molar-refractivity contribution is 5.93. The van der Waals surface area contributed by atoms with Crippen molar-refractivity contribution in [2.75, 3.05) is 18.5 Å². The van der Waals surface area contributed by atoms with Crippen molar-refractivity contribution in [1.82, 2.24) is 0 Å². The third-order valence-corrected chi connectivity index (χ3v) is 3.31. The lowest BCUT2D eigenvalue weighted by molar-refractivity contribution is -0.119. The molecule has 5 nitrogen and oxygen atoms in total. The minimum Gasteiger partial charge on any atom is -0.494 e. The van der Waals surface area contributed by atoms with Crippen LogP contribution in [0.15, 0.2) is 48.5 Å². The van der Waals surface area contributed by atoms with E-state index in [4.69, 9.17) is 15.2 Å². The van der Waals surface area contributed by atoms with Crippen molar-refractivity contribution in [3.05, 3.63) is 48.5 Å². The molecule has 2 aromatic rings. The van der Waals surface area contributed by atoms with Crippen LogP contribution in [0.3, 0.4) is 0 Å². The van der Waals surface area contributed by atoms with Crippen LogP contribution in [0.4, 0.5) is 5.69 Å². The van der Waals surface area contributed by atoms with Gasteiger partial charge in [-0.25, -0.2) is 0 Å². The smallest absolute Gasteiger partial charge is 0.228 e. The number of carbonyl (C=O) groups excluding carboxylic acids is 1. The van der Waals surface area contributed by atoms with E-state index in [1.54, 1.807) is 19.1 Å². The van der Waals surface area contributed by atoms with Crippen LogP contribution in [0.2, 0.25) is 0 Å². The Morgan fingerprint density at radius 1 is 1.12 bits per heavy atom. The van der Waals surface area contributed by atoms with Gasteiger partial charge in [-0.3, -0.25) is 4.79 Å². The van der Waals surface area contributed by atoms with E-state index < -0.39 is 0 Å². The van der Waals surface area contributed by atoms with E-state index in [-0.39, 0.29) is 24.2 Å². The number of amides is 1. The van der Waals surface area contributed by atoms with Crippen molar-refractivity contribution < 1.29 is 14.3 Å². The number of anilines is 1. The fourth-order valence-corrected chi connectivity index (χ4v) is 1.92. The van der Waals surface area contributed by atoms with Gasteiger partial charge in [0.05, 0.1) is 12.3 Å². The molecule has 6 heteroatoms. The second-order valence-electron chi connectivity index (χ2n) is 5.13. The van der Waals surface area contributed by atoms with Gasteiger partial charge in [-0.15, -0.1) is 12.4 Å². The van der Waals surface area contributed by atoms with E-state index in [0.717, 1.165) is 5.75 Å². The van der Waals surface area contributed by atoms with E-state index in [1.165, 1.54) is 0 Å². The van der Waals surface area contributed by atoms with Crippen LogP contribution in [-0.4, -0.2) is 19.1 Å². The monoisotopic (exact) mass is 350 g/mol. The lowest BCUT2D eigenvalue weighted by atomic mass is 10.1. The number of hydrogen-bond donors (Lipinski definition) is 2. The van der Waals surface area contributed by atoms with E-state index in [2.05, 4.69) is 5.32 Å². The Hall–Kier alpha value is -2.24. The summed E-state index contributed by atoms with van der Waals surface area (Å²) >= 11 is 0. The first-order valence-corrected chi connectivity index (χ1v) is 7.64. The second-order valence-corrected chi connectivity index (χ2v) is 5.13. The first-order valence-electron chi connectivity index (χ1n) is 7.64. The SMILES string of the molecule is CCOc1ccc(Oc2ccccc2NC(=O)C(C)CN)cc1.Cl. The predicted octanol–water partition coefficient (Wildman–Crippen LogP) is 3.83. The van der Waals surface area contributed by atoms with Gasteiger partial charge in [0.25, 0.3) is 0 Å². The van der Waals surface area contributed by atoms with Crippen molar-refractivity contribution >= 4 is 24.0 Å². The molecule has 0 aliphatic rings. The van der Waals surface area contributed by atoms with Crippen molar-refractivity contribution in [2.45, 2.75) is 13.8 Å². The maximum absolute atomic E-state index is 12.0. The number of halogens is 1. The third-order valence-electron chi connectivity index (χ3n) is 3.31. The Morgan fingerprint density at radius 3 is 2.38 bits per heavy atom. The summed E-state index contributed by atoms with van der Waals surface area (Å²) in [5, 5.41) is 2.84. The molecule has 1 amide bonds. The van der Waals surface area contributed by atoms with Crippen LogP contribution >= 0.6 is 12.4 Å². The van der Waals surface area contributed by atoms with Crippen LogP contribution in [0.25, 0.3) is 0 Å². The molecule has 3 N–H and O–H groups in total. The fraction of sp³-hybridized carbons (Fsp3) is 0.278. The number of nitrogens with two attached hydrogens (primary N) is 1. The highest BCUT2D eigenvalue weighted by atomic mass is 35.5. The first kappa shape index (κ1) is 19.8. The van der Waals surface area contributed by atoms with E-state index in [0.29, 0.717) is 30.3 Å². The minimum atomic E-state index is -0.256. The second kappa shape index (κ2) is 9.80. The molecular weight excluding hydrogens is 328 g/mol. The van der Waals surface area contributed by atoms with E-state index >= 15 is 0 Å². The maximum Gasteiger partial charge on any atom is 0.228 e. The fourth-order valence-electron chi connectivity index (χ4n) is 1.92. The van der Waals surface area contributed by atoms with Gasteiger partial charge in [0.2, 0.25) is 5.91 Å². The largest absolute Gasteiger partial charge is 0.494 e. The van der Waals surface area contributed by atoms with Crippen LogP contribution in [-0.2, 0) is 4.79 Å². The Labute approximate surface area is 148 Å². The zero-order valence-corrected chi connectivity index (χ0v) is 14.6. The Kier molecular flexibility index (Phi) is 8.09. The summed E-state index contributed by atoms with van der Waals surface area (Å²) in [7, 11) is 0. The summed E-state index contributed by atoms with van der Waals surface area (Å²) < 4.78 is 11.3. The van der Waals surface area contributed by atoms with Gasteiger partial charge in [0.1, 0.15) is 11.5 Å². The zero-order valence-electron chi connectivity index (χ0n) is 13.8. The molecule has 0 aliphatic heterocycles. The standard InChI is InChI=1S/C18H22N2O3.ClH/c1-3-22-14-8-10-15(11-9-14)23-17-7-5-4-6-16(17)20-18(21)13(2)12-19;/h4-11,13H,3,12,19H2,1-2H3,(H,20,21);1H. The summed E-state index contributed by atoms with van der Waals surface area (Å²) in [4.78, 5) is 12.0. The average Bonchev–Trinajstić information content (AvgIpc) is 2.57. The van der Waals surface area contributed by atoms with Crippen molar-refractivity contribution in [2.24, 2.45) is 11.7 Å². The molecule has 0 aromatic heterocycles. The molecule has 0 spiro atoms. The maximum atomic E-state index is 12.0. The Morgan fingerprint density at radius 2 is 1.75 bits per heavy atom. The molecular formula is C18H23ClN2O3. The Bertz CT molecular complexity index is 647. The summed E-state index contributed by atoms with van der Waals surface area (Å²) in [5.74, 6) is 1.65. The molecule has 0 aliphatic carbocycles. The molecule has 2 rings (SSSR count). The van der Waals surface area contributed by atoms with Gasteiger partial charge in [0, 0.05) is 12.5 Å². The topological polar surface area (TPSA) is 73.6 Å². The Balaban J connectivity index is 0.00000288. The molecule has 0 saturated heterocycles. The normalized spacial score (nSPS) is 11.1. The van der Waals surface area contributed by atoms with Gasteiger partial charge >= 0.3 is 0 Å². The highest BCUT2D eigenvalue weighted by Crippen LogP contribution is 2.30. The van der Waals surface area contributed by atoms with Gasteiger partial charge in [-0.2, -0.15) is 0 Å².